The van der Waals surface area contributed by atoms with Crippen molar-refractivity contribution >= 4 is 15.9 Å². The van der Waals surface area contributed by atoms with Gasteiger partial charge in [-0.2, -0.15) is 0 Å². The molecule has 1 aliphatic rings. The van der Waals surface area contributed by atoms with Crippen LogP contribution in [-0.2, 0) is 14.8 Å². The smallest absolute Gasteiger partial charge is 0.227 e. The maximum atomic E-state index is 12.0. The third-order valence-corrected chi connectivity index (χ3v) is 3.88. The fourth-order valence-corrected chi connectivity index (χ4v) is 2.53. The zero-order valence-corrected chi connectivity index (χ0v) is 11.9. The molecule has 7 heteroatoms. The van der Waals surface area contributed by atoms with Crippen molar-refractivity contribution in [3.05, 3.63) is 0 Å². The van der Waals surface area contributed by atoms with Crippen molar-refractivity contribution in [1.29, 1.82) is 0 Å². The molecule has 0 spiro atoms. The van der Waals surface area contributed by atoms with Gasteiger partial charge < -0.3 is 10.6 Å². The molecule has 1 fully saturated rings. The minimum absolute atomic E-state index is 0.0501. The van der Waals surface area contributed by atoms with Crippen molar-refractivity contribution in [2.75, 3.05) is 32.4 Å². The number of carbonyl (C=O) groups excluding carboxylic acids is 1. The van der Waals surface area contributed by atoms with E-state index in [1.807, 2.05) is 6.92 Å². The summed E-state index contributed by atoms with van der Waals surface area (Å²) in [5, 5.41) is 6.09. The predicted octanol–water partition coefficient (Wildman–Crippen LogP) is -0.568. The predicted molar refractivity (Wildman–Crippen MR) is 70.7 cm³/mol. The second kappa shape index (κ2) is 6.49. The molecule has 1 rings (SSSR count). The van der Waals surface area contributed by atoms with Gasteiger partial charge in [-0.3, -0.25) is 4.79 Å². The Bertz CT molecular complexity index is 375. The average Bonchev–Trinajstić information content (AvgIpc) is 2.27. The van der Waals surface area contributed by atoms with Crippen molar-refractivity contribution in [2.24, 2.45) is 5.41 Å². The van der Waals surface area contributed by atoms with Crippen molar-refractivity contribution in [3.63, 3.8) is 0 Å². The molecule has 6 nitrogen and oxygen atoms in total. The summed E-state index contributed by atoms with van der Waals surface area (Å²) in [5.74, 6) is 0.0501. The Hall–Kier alpha value is -0.660. The lowest BCUT2D eigenvalue weighted by molar-refractivity contribution is -0.131. The third kappa shape index (κ3) is 5.32. The van der Waals surface area contributed by atoms with E-state index in [2.05, 4.69) is 15.4 Å². The van der Waals surface area contributed by atoms with Crippen LogP contribution in [-0.4, -0.2) is 46.8 Å². The Morgan fingerprint density at radius 2 is 2.11 bits per heavy atom. The van der Waals surface area contributed by atoms with Gasteiger partial charge in [0.15, 0.2) is 0 Å². The largest absolute Gasteiger partial charge is 0.356 e. The van der Waals surface area contributed by atoms with Crippen LogP contribution in [0.5, 0.6) is 0 Å². The monoisotopic (exact) mass is 277 g/mol. The quantitative estimate of drug-likeness (QED) is 0.568. The summed E-state index contributed by atoms with van der Waals surface area (Å²) in [7, 11) is -3.13. The maximum Gasteiger partial charge on any atom is 0.227 e. The van der Waals surface area contributed by atoms with E-state index in [0.717, 1.165) is 25.6 Å². The highest BCUT2D eigenvalue weighted by Crippen LogP contribution is 2.25. The molecule has 1 heterocycles. The molecular formula is C11H23N3O3S. The third-order valence-electron chi connectivity index (χ3n) is 3.15. The summed E-state index contributed by atoms with van der Waals surface area (Å²) in [6.45, 7) is 4.50. The van der Waals surface area contributed by atoms with Gasteiger partial charge >= 0.3 is 0 Å². The summed E-state index contributed by atoms with van der Waals surface area (Å²) in [6.07, 6.45) is 3.63. The van der Waals surface area contributed by atoms with Gasteiger partial charge in [-0.05, 0) is 32.7 Å². The zero-order valence-electron chi connectivity index (χ0n) is 11.1. The van der Waals surface area contributed by atoms with Gasteiger partial charge in [-0.1, -0.05) is 0 Å². The molecule has 1 amide bonds. The van der Waals surface area contributed by atoms with Gasteiger partial charge in [0.2, 0.25) is 15.9 Å². The molecule has 0 aromatic rings. The second-order valence-electron chi connectivity index (χ2n) is 5.12. The molecule has 1 atom stereocenters. The molecule has 0 aromatic carbocycles. The first-order valence-corrected chi connectivity index (χ1v) is 8.16. The number of amides is 1. The topological polar surface area (TPSA) is 87.3 Å². The van der Waals surface area contributed by atoms with Gasteiger partial charge in [0.05, 0.1) is 11.7 Å². The minimum atomic E-state index is -3.13. The number of hydrogen-bond acceptors (Lipinski definition) is 4. The number of sulfonamides is 1. The van der Waals surface area contributed by atoms with E-state index < -0.39 is 10.0 Å². The standard InChI is InChI=1S/C11H23N3O3S/c1-11(5-3-6-12-9-11)10(15)13-7-4-8-14-18(2,16)17/h12,14H,3-9H2,1-2H3,(H,13,15). The summed E-state index contributed by atoms with van der Waals surface area (Å²) < 4.78 is 24.0. The summed E-state index contributed by atoms with van der Waals surface area (Å²) in [5.41, 5.74) is -0.331. The van der Waals surface area contributed by atoms with E-state index in [9.17, 15) is 13.2 Å². The second-order valence-corrected chi connectivity index (χ2v) is 6.95. The van der Waals surface area contributed by atoms with E-state index in [0.29, 0.717) is 26.1 Å². The highest BCUT2D eigenvalue weighted by atomic mass is 32.2. The van der Waals surface area contributed by atoms with Crippen LogP contribution in [0.1, 0.15) is 26.2 Å². The van der Waals surface area contributed by atoms with Crippen molar-refractivity contribution in [3.8, 4) is 0 Å². The van der Waals surface area contributed by atoms with E-state index in [-0.39, 0.29) is 11.3 Å². The van der Waals surface area contributed by atoms with Crippen LogP contribution in [0.25, 0.3) is 0 Å². The molecule has 0 radical (unpaired) electrons. The molecule has 3 N–H and O–H groups in total. The highest BCUT2D eigenvalue weighted by Gasteiger charge is 2.34. The van der Waals surface area contributed by atoms with Crippen LogP contribution in [0.15, 0.2) is 0 Å². The summed E-state index contributed by atoms with van der Waals surface area (Å²) >= 11 is 0. The Morgan fingerprint density at radius 3 is 2.67 bits per heavy atom. The Morgan fingerprint density at radius 1 is 1.39 bits per heavy atom. The van der Waals surface area contributed by atoms with Gasteiger partial charge in [0.1, 0.15) is 0 Å². The maximum absolute atomic E-state index is 12.0. The lowest BCUT2D eigenvalue weighted by atomic mass is 9.82. The van der Waals surface area contributed by atoms with Crippen LogP contribution >= 0.6 is 0 Å². The molecule has 1 aliphatic heterocycles. The molecule has 0 aromatic heterocycles. The normalized spacial score (nSPS) is 24.8. The summed E-state index contributed by atoms with van der Waals surface area (Å²) in [6, 6.07) is 0. The fraction of sp³-hybridized carbons (Fsp3) is 0.909. The molecule has 1 unspecified atom stereocenters. The van der Waals surface area contributed by atoms with E-state index in [1.54, 1.807) is 0 Å². The van der Waals surface area contributed by atoms with E-state index >= 15 is 0 Å². The average molecular weight is 277 g/mol. The fourth-order valence-electron chi connectivity index (χ4n) is 2.01. The Kier molecular flexibility index (Phi) is 5.55. The molecule has 0 saturated carbocycles. The van der Waals surface area contributed by atoms with Gasteiger partial charge in [0.25, 0.3) is 0 Å². The molecule has 0 bridgehead atoms. The molecular weight excluding hydrogens is 254 g/mol. The number of piperidine rings is 1. The number of hydrogen-bond donors (Lipinski definition) is 3. The molecule has 0 aliphatic carbocycles. The Labute approximate surface area is 109 Å². The minimum Gasteiger partial charge on any atom is -0.356 e. The number of rotatable bonds is 6. The van der Waals surface area contributed by atoms with E-state index in [1.165, 1.54) is 0 Å². The SMILES string of the molecule is CC1(C(=O)NCCCNS(C)(=O)=O)CCCNC1. The Balaban J connectivity index is 2.20. The van der Waals surface area contributed by atoms with Crippen molar-refractivity contribution in [2.45, 2.75) is 26.2 Å². The molecule has 18 heavy (non-hydrogen) atoms. The first-order valence-electron chi connectivity index (χ1n) is 6.27. The van der Waals surface area contributed by atoms with Crippen LogP contribution in [0.3, 0.4) is 0 Å². The van der Waals surface area contributed by atoms with Crippen molar-refractivity contribution in [1.82, 2.24) is 15.4 Å². The van der Waals surface area contributed by atoms with Gasteiger partial charge in [0, 0.05) is 19.6 Å². The molecule has 106 valence electrons. The van der Waals surface area contributed by atoms with Crippen LogP contribution in [0, 0.1) is 5.41 Å². The van der Waals surface area contributed by atoms with Crippen LogP contribution < -0.4 is 15.4 Å². The lowest BCUT2D eigenvalue weighted by Crippen LogP contribution is -2.49. The first-order chi connectivity index (χ1) is 8.33. The van der Waals surface area contributed by atoms with Crippen LogP contribution in [0.2, 0.25) is 0 Å². The zero-order chi connectivity index (χ0) is 13.6. The van der Waals surface area contributed by atoms with Gasteiger partial charge in [-0.15, -0.1) is 0 Å². The van der Waals surface area contributed by atoms with Crippen LogP contribution in [0.4, 0.5) is 0 Å². The van der Waals surface area contributed by atoms with Gasteiger partial charge in [-0.25, -0.2) is 13.1 Å². The summed E-state index contributed by atoms with van der Waals surface area (Å²) in [4.78, 5) is 12.0. The lowest BCUT2D eigenvalue weighted by Gasteiger charge is -2.32. The highest BCUT2D eigenvalue weighted by molar-refractivity contribution is 7.88. The number of nitrogens with one attached hydrogen (secondary N) is 3. The first kappa shape index (κ1) is 15.4. The number of carbonyl (C=O) groups is 1. The molecule has 1 saturated heterocycles. The van der Waals surface area contributed by atoms with Crippen molar-refractivity contribution < 1.29 is 13.2 Å². The van der Waals surface area contributed by atoms with E-state index in [4.69, 9.17) is 0 Å².